The third-order valence-electron chi connectivity index (χ3n) is 11.2. The van der Waals surface area contributed by atoms with Gasteiger partial charge in [-0.25, -0.2) is 0 Å². The summed E-state index contributed by atoms with van der Waals surface area (Å²) in [6.07, 6.45) is 52.0. The number of aliphatic hydroxyl groups excluding tert-OH is 2. The summed E-state index contributed by atoms with van der Waals surface area (Å²) in [5.41, 5.74) is 0. The van der Waals surface area contributed by atoms with Gasteiger partial charge in [0, 0.05) is 6.42 Å². The van der Waals surface area contributed by atoms with Crippen LogP contribution in [0.25, 0.3) is 0 Å². The first-order chi connectivity index (χ1) is 28.0. The summed E-state index contributed by atoms with van der Waals surface area (Å²) in [6.45, 7) is 6.36. The standard InChI is InChI=1S/C51H95NO5/c1-4-7-10-13-16-19-22-24-26-28-30-33-36-39-42-47(57-51(56)44-41-38-35-32-29-25-23-20-17-14-11-8-5-2)45-50(55)52-48(46-53)49(54)43-40-37-34-31-27-21-18-15-12-9-6-3/h7,10,16,19,24,26,47-49,53-54H,4-6,8-9,11-15,17-18,20-23,25,27-46H2,1-3H3,(H,52,55)/b10-7+,19-16+,26-24+. The lowest BCUT2D eigenvalue weighted by molar-refractivity contribution is -0.151. The van der Waals surface area contributed by atoms with E-state index in [2.05, 4.69) is 62.5 Å². The molecule has 0 aromatic rings. The van der Waals surface area contributed by atoms with Gasteiger partial charge in [-0.1, -0.05) is 218 Å². The van der Waals surface area contributed by atoms with Gasteiger partial charge in [-0.2, -0.15) is 0 Å². The molecule has 0 spiro atoms. The summed E-state index contributed by atoms with van der Waals surface area (Å²) in [4.78, 5) is 26.1. The molecule has 6 heteroatoms. The van der Waals surface area contributed by atoms with Crippen molar-refractivity contribution in [1.29, 1.82) is 0 Å². The Kier molecular flexibility index (Phi) is 43.6. The number of amides is 1. The van der Waals surface area contributed by atoms with Crippen molar-refractivity contribution in [2.24, 2.45) is 0 Å². The van der Waals surface area contributed by atoms with E-state index in [-0.39, 0.29) is 24.9 Å². The molecular formula is C51H95NO5. The van der Waals surface area contributed by atoms with Crippen LogP contribution >= 0.6 is 0 Å². The Balaban J connectivity index is 4.61. The number of unbranched alkanes of at least 4 members (excludes halogenated alkanes) is 26. The van der Waals surface area contributed by atoms with Crippen molar-refractivity contribution in [3.63, 3.8) is 0 Å². The van der Waals surface area contributed by atoms with Crippen LogP contribution in [0.5, 0.6) is 0 Å². The van der Waals surface area contributed by atoms with Crippen molar-refractivity contribution < 1.29 is 24.5 Å². The maximum Gasteiger partial charge on any atom is 0.306 e. The van der Waals surface area contributed by atoms with E-state index in [1.165, 1.54) is 116 Å². The lowest BCUT2D eigenvalue weighted by Crippen LogP contribution is -2.46. The van der Waals surface area contributed by atoms with Crippen LogP contribution < -0.4 is 5.32 Å². The van der Waals surface area contributed by atoms with E-state index in [0.717, 1.165) is 89.9 Å². The zero-order chi connectivity index (χ0) is 41.7. The van der Waals surface area contributed by atoms with Crippen molar-refractivity contribution in [3.8, 4) is 0 Å². The molecule has 0 saturated heterocycles. The van der Waals surface area contributed by atoms with Gasteiger partial charge < -0.3 is 20.3 Å². The topological polar surface area (TPSA) is 95.9 Å². The summed E-state index contributed by atoms with van der Waals surface area (Å²) in [6, 6.07) is -0.704. The minimum absolute atomic E-state index is 0.0660. The predicted octanol–water partition coefficient (Wildman–Crippen LogP) is 14.5. The highest BCUT2D eigenvalue weighted by Crippen LogP contribution is 2.18. The van der Waals surface area contributed by atoms with Crippen LogP contribution in [0.4, 0.5) is 0 Å². The molecule has 0 aliphatic carbocycles. The summed E-state index contributed by atoms with van der Waals surface area (Å²) >= 11 is 0. The first-order valence-corrected chi connectivity index (χ1v) is 24.7. The normalized spacial score (nSPS) is 13.6. The van der Waals surface area contributed by atoms with Gasteiger partial charge in [0.05, 0.1) is 25.2 Å². The van der Waals surface area contributed by atoms with Crippen LogP contribution in [0, 0.1) is 0 Å². The quantitative estimate of drug-likeness (QED) is 0.0324. The predicted molar refractivity (Wildman–Crippen MR) is 246 cm³/mol. The highest BCUT2D eigenvalue weighted by molar-refractivity contribution is 5.77. The zero-order valence-electron chi connectivity index (χ0n) is 38.0. The number of esters is 1. The second kappa shape index (κ2) is 45.2. The van der Waals surface area contributed by atoms with Gasteiger partial charge in [0.1, 0.15) is 6.10 Å². The third-order valence-corrected chi connectivity index (χ3v) is 11.2. The van der Waals surface area contributed by atoms with Gasteiger partial charge >= 0.3 is 5.97 Å². The third kappa shape index (κ3) is 40.6. The second-order valence-corrected chi connectivity index (χ2v) is 16.8. The average Bonchev–Trinajstić information content (AvgIpc) is 3.20. The molecule has 0 radical (unpaired) electrons. The Hall–Kier alpha value is -1.92. The number of hydrogen-bond acceptors (Lipinski definition) is 5. The Morgan fingerprint density at radius 2 is 0.947 bits per heavy atom. The number of nitrogens with one attached hydrogen (secondary N) is 1. The molecule has 0 aromatic carbocycles. The first kappa shape index (κ1) is 55.1. The van der Waals surface area contributed by atoms with E-state index in [4.69, 9.17) is 4.74 Å². The van der Waals surface area contributed by atoms with Crippen LogP contribution in [0.1, 0.15) is 252 Å². The highest BCUT2D eigenvalue weighted by atomic mass is 16.5. The van der Waals surface area contributed by atoms with E-state index < -0.39 is 18.2 Å². The molecule has 0 bridgehead atoms. The van der Waals surface area contributed by atoms with Gasteiger partial charge in [0.2, 0.25) is 5.91 Å². The fourth-order valence-electron chi connectivity index (χ4n) is 7.50. The SMILES string of the molecule is CC/C=C/C/C=C/C/C=C/CCCCCCC(CC(=O)NC(CO)C(O)CCCCCCCCCCCCC)OC(=O)CCCCCCCCCCCCCCC. The molecule has 57 heavy (non-hydrogen) atoms. The van der Waals surface area contributed by atoms with Crippen molar-refractivity contribution >= 4 is 11.9 Å². The van der Waals surface area contributed by atoms with E-state index in [1.54, 1.807) is 0 Å². The number of allylic oxidation sites excluding steroid dienone is 6. The van der Waals surface area contributed by atoms with Crippen molar-refractivity contribution in [1.82, 2.24) is 5.32 Å². The van der Waals surface area contributed by atoms with Gasteiger partial charge in [0.25, 0.3) is 0 Å². The van der Waals surface area contributed by atoms with Crippen molar-refractivity contribution in [2.45, 2.75) is 270 Å². The number of aliphatic hydroxyl groups is 2. The lowest BCUT2D eigenvalue weighted by atomic mass is 10.0. The molecule has 6 nitrogen and oxygen atoms in total. The average molecular weight is 802 g/mol. The minimum atomic E-state index is -0.790. The largest absolute Gasteiger partial charge is 0.462 e. The van der Waals surface area contributed by atoms with E-state index in [9.17, 15) is 19.8 Å². The van der Waals surface area contributed by atoms with Crippen LogP contribution in [-0.2, 0) is 14.3 Å². The van der Waals surface area contributed by atoms with E-state index >= 15 is 0 Å². The lowest BCUT2D eigenvalue weighted by Gasteiger charge is -2.24. The van der Waals surface area contributed by atoms with E-state index in [1.807, 2.05) is 0 Å². The molecule has 3 atom stereocenters. The van der Waals surface area contributed by atoms with Gasteiger partial charge in [-0.15, -0.1) is 0 Å². The number of hydrogen-bond donors (Lipinski definition) is 3. The Morgan fingerprint density at radius 3 is 1.44 bits per heavy atom. The first-order valence-electron chi connectivity index (χ1n) is 24.7. The molecule has 334 valence electrons. The highest BCUT2D eigenvalue weighted by Gasteiger charge is 2.24. The minimum Gasteiger partial charge on any atom is -0.462 e. The van der Waals surface area contributed by atoms with Gasteiger partial charge in [-0.3, -0.25) is 9.59 Å². The summed E-state index contributed by atoms with van der Waals surface area (Å²) in [7, 11) is 0. The monoisotopic (exact) mass is 802 g/mol. The maximum atomic E-state index is 13.2. The van der Waals surface area contributed by atoms with Crippen molar-refractivity contribution in [3.05, 3.63) is 36.5 Å². The maximum absolute atomic E-state index is 13.2. The molecule has 3 N–H and O–H groups in total. The van der Waals surface area contributed by atoms with Crippen molar-refractivity contribution in [2.75, 3.05) is 6.61 Å². The Morgan fingerprint density at radius 1 is 0.526 bits per heavy atom. The van der Waals surface area contributed by atoms with Gasteiger partial charge in [0.15, 0.2) is 0 Å². The van der Waals surface area contributed by atoms with Crippen LogP contribution in [-0.4, -0.2) is 46.9 Å². The molecule has 0 aromatic heterocycles. The molecule has 0 heterocycles. The van der Waals surface area contributed by atoms with E-state index in [0.29, 0.717) is 19.3 Å². The molecule has 0 rings (SSSR count). The van der Waals surface area contributed by atoms with Crippen LogP contribution in [0.3, 0.4) is 0 Å². The fraction of sp³-hybridized carbons (Fsp3) is 0.843. The Labute approximate surface area is 353 Å². The molecule has 0 aliphatic rings. The molecule has 1 amide bonds. The second-order valence-electron chi connectivity index (χ2n) is 16.8. The number of rotatable bonds is 44. The summed E-state index contributed by atoms with van der Waals surface area (Å²) in [5.74, 6) is -0.488. The fourth-order valence-corrected chi connectivity index (χ4v) is 7.50. The molecule has 3 unspecified atom stereocenters. The number of carbonyl (C=O) groups is 2. The number of ether oxygens (including phenoxy) is 1. The van der Waals surface area contributed by atoms with Crippen LogP contribution in [0.2, 0.25) is 0 Å². The van der Waals surface area contributed by atoms with Gasteiger partial charge in [-0.05, 0) is 57.8 Å². The molecule has 0 saturated carbocycles. The molecule has 0 aliphatic heterocycles. The van der Waals surface area contributed by atoms with Crippen LogP contribution in [0.15, 0.2) is 36.5 Å². The zero-order valence-corrected chi connectivity index (χ0v) is 38.0. The molecule has 0 fully saturated rings. The summed E-state index contributed by atoms with van der Waals surface area (Å²) in [5, 5.41) is 23.7. The smallest absolute Gasteiger partial charge is 0.306 e. The Bertz CT molecular complexity index is 946. The molecular weight excluding hydrogens is 707 g/mol. The number of carbonyl (C=O) groups excluding carboxylic acids is 2. The summed E-state index contributed by atoms with van der Waals surface area (Å²) < 4.78 is 5.91.